The highest BCUT2D eigenvalue weighted by atomic mass is 35.5. The molecule has 0 radical (unpaired) electrons. The summed E-state index contributed by atoms with van der Waals surface area (Å²) in [5, 5.41) is 0.754. The van der Waals surface area contributed by atoms with E-state index in [9.17, 15) is 9.59 Å². The van der Waals surface area contributed by atoms with Crippen molar-refractivity contribution in [1.29, 1.82) is 0 Å². The van der Waals surface area contributed by atoms with E-state index in [2.05, 4.69) is 0 Å². The zero-order valence-corrected chi connectivity index (χ0v) is 17.0. The van der Waals surface area contributed by atoms with Crippen LogP contribution in [0.15, 0.2) is 76.1 Å². The van der Waals surface area contributed by atoms with Gasteiger partial charge in [-0.25, -0.2) is 4.79 Å². The molecule has 0 aliphatic carbocycles. The summed E-state index contributed by atoms with van der Waals surface area (Å²) in [6.07, 6.45) is 1.25. The Morgan fingerprint density at radius 1 is 0.933 bits per heavy atom. The molecule has 4 rings (SSSR count). The smallest absolute Gasteiger partial charge is 0.343 e. The summed E-state index contributed by atoms with van der Waals surface area (Å²) >= 11 is 5.91. The highest BCUT2D eigenvalue weighted by Crippen LogP contribution is 2.26. The molecule has 0 unspecified atom stereocenters. The minimum atomic E-state index is -0.561. The van der Waals surface area contributed by atoms with Gasteiger partial charge in [0, 0.05) is 11.1 Å². The number of fused-ring (bicyclic) bond motifs is 1. The van der Waals surface area contributed by atoms with E-state index in [1.807, 2.05) is 32.0 Å². The molecule has 0 spiro atoms. The van der Waals surface area contributed by atoms with E-state index in [4.69, 9.17) is 25.5 Å². The monoisotopic (exact) mass is 420 g/mol. The average molecular weight is 421 g/mol. The van der Waals surface area contributed by atoms with Gasteiger partial charge in [-0.1, -0.05) is 23.7 Å². The van der Waals surface area contributed by atoms with Gasteiger partial charge in [0.05, 0.1) is 10.9 Å². The summed E-state index contributed by atoms with van der Waals surface area (Å²) in [7, 11) is 0. The first-order valence-electron chi connectivity index (χ1n) is 9.18. The normalized spacial score (nSPS) is 10.8. The molecule has 1 heterocycles. The molecular formula is C24H17ClO5. The Labute approximate surface area is 177 Å². The first kappa shape index (κ1) is 19.7. The van der Waals surface area contributed by atoms with E-state index >= 15 is 0 Å². The standard InChI is InChI=1S/C24H17ClO5/c1-14-8-15(2)10-19(9-14)29-22-13-28-21-12-18(6-7-20(21)23(22)26)30-24(27)16-4-3-5-17(25)11-16/h3-13H,1-2H3. The molecule has 0 bridgehead atoms. The Balaban J connectivity index is 1.61. The molecule has 0 saturated carbocycles. The van der Waals surface area contributed by atoms with E-state index in [-0.39, 0.29) is 22.5 Å². The van der Waals surface area contributed by atoms with Crippen LogP contribution in [0.5, 0.6) is 17.2 Å². The highest BCUT2D eigenvalue weighted by Gasteiger charge is 2.13. The number of hydrogen-bond donors (Lipinski definition) is 0. The highest BCUT2D eigenvalue weighted by molar-refractivity contribution is 6.30. The van der Waals surface area contributed by atoms with Crippen molar-refractivity contribution in [1.82, 2.24) is 0 Å². The van der Waals surface area contributed by atoms with Gasteiger partial charge in [0.1, 0.15) is 23.3 Å². The van der Waals surface area contributed by atoms with Crippen LogP contribution in [-0.2, 0) is 0 Å². The van der Waals surface area contributed by atoms with Gasteiger partial charge in [-0.2, -0.15) is 0 Å². The van der Waals surface area contributed by atoms with Gasteiger partial charge < -0.3 is 13.9 Å². The third kappa shape index (κ3) is 4.21. The van der Waals surface area contributed by atoms with E-state index in [1.54, 1.807) is 18.2 Å². The fourth-order valence-electron chi connectivity index (χ4n) is 3.13. The molecule has 4 aromatic rings. The van der Waals surface area contributed by atoms with Crippen LogP contribution in [0.3, 0.4) is 0 Å². The minimum absolute atomic E-state index is 0.0798. The molecule has 0 aliphatic heterocycles. The maximum absolute atomic E-state index is 12.8. The Bertz CT molecular complexity index is 1300. The summed E-state index contributed by atoms with van der Waals surface area (Å²) in [6, 6.07) is 16.7. The van der Waals surface area contributed by atoms with Crippen LogP contribution in [0.25, 0.3) is 11.0 Å². The number of carbonyl (C=O) groups is 1. The van der Waals surface area contributed by atoms with Crippen LogP contribution in [0, 0.1) is 13.8 Å². The third-order valence-corrected chi connectivity index (χ3v) is 4.64. The zero-order valence-electron chi connectivity index (χ0n) is 16.3. The van der Waals surface area contributed by atoms with Crippen molar-refractivity contribution >= 4 is 28.5 Å². The number of carbonyl (C=O) groups excluding carboxylic acids is 1. The zero-order chi connectivity index (χ0) is 21.3. The molecule has 0 N–H and O–H groups in total. The molecule has 3 aromatic carbocycles. The molecule has 30 heavy (non-hydrogen) atoms. The van der Waals surface area contributed by atoms with Crippen molar-refractivity contribution in [2.75, 3.05) is 0 Å². The van der Waals surface area contributed by atoms with Crippen molar-refractivity contribution in [2.45, 2.75) is 13.8 Å². The number of benzene rings is 3. The fraction of sp³-hybridized carbons (Fsp3) is 0.0833. The van der Waals surface area contributed by atoms with Crippen molar-refractivity contribution in [3.8, 4) is 17.2 Å². The number of halogens is 1. The Morgan fingerprint density at radius 2 is 1.70 bits per heavy atom. The number of rotatable bonds is 4. The van der Waals surface area contributed by atoms with Gasteiger partial charge in [-0.3, -0.25) is 4.79 Å². The van der Waals surface area contributed by atoms with Gasteiger partial charge in [-0.15, -0.1) is 0 Å². The second kappa shape index (κ2) is 8.05. The fourth-order valence-corrected chi connectivity index (χ4v) is 3.32. The van der Waals surface area contributed by atoms with Crippen molar-refractivity contribution in [3.63, 3.8) is 0 Å². The van der Waals surface area contributed by atoms with Crippen LogP contribution in [-0.4, -0.2) is 5.97 Å². The Hall–Kier alpha value is -3.57. The Kier molecular flexibility index (Phi) is 5.29. The van der Waals surface area contributed by atoms with E-state index in [0.717, 1.165) is 11.1 Å². The van der Waals surface area contributed by atoms with Gasteiger partial charge in [0.2, 0.25) is 11.2 Å². The second-order valence-corrected chi connectivity index (χ2v) is 7.35. The molecule has 0 atom stereocenters. The number of ether oxygens (including phenoxy) is 2. The predicted molar refractivity (Wildman–Crippen MR) is 115 cm³/mol. The van der Waals surface area contributed by atoms with Crippen molar-refractivity contribution in [2.24, 2.45) is 0 Å². The molecular weight excluding hydrogens is 404 g/mol. The first-order chi connectivity index (χ1) is 14.4. The maximum atomic E-state index is 12.8. The quantitative estimate of drug-likeness (QED) is 0.296. The molecule has 0 amide bonds. The van der Waals surface area contributed by atoms with Gasteiger partial charge in [-0.05, 0) is 67.4 Å². The lowest BCUT2D eigenvalue weighted by Crippen LogP contribution is -2.09. The minimum Gasteiger partial charge on any atom is -0.460 e. The Morgan fingerprint density at radius 3 is 2.43 bits per heavy atom. The van der Waals surface area contributed by atoms with Crippen molar-refractivity contribution in [3.05, 3.63) is 98.9 Å². The van der Waals surface area contributed by atoms with E-state index < -0.39 is 5.97 Å². The number of esters is 1. The van der Waals surface area contributed by atoms with Crippen molar-refractivity contribution < 1.29 is 18.7 Å². The van der Waals surface area contributed by atoms with Crippen LogP contribution in [0.4, 0.5) is 0 Å². The van der Waals surface area contributed by atoms with Crippen LogP contribution in [0.1, 0.15) is 21.5 Å². The third-order valence-electron chi connectivity index (χ3n) is 4.41. The lowest BCUT2D eigenvalue weighted by Gasteiger charge is -2.08. The summed E-state index contributed by atoms with van der Waals surface area (Å²) in [5.74, 6) is 0.329. The largest absolute Gasteiger partial charge is 0.460 e. The number of aryl methyl sites for hydroxylation is 2. The summed E-state index contributed by atoms with van der Waals surface area (Å²) in [6.45, 7) is 3.91. The SMILES string of the molecule is Cc1cc(C)cc(Oc2coc3cc(OC(=O)c4cccc(Cl)c4)ccc3c2=O)c1. The summed E-state index contributed by atoms with van der Waals surface area (Å²) in [5.41, 5.74) is 2.34. The van der Waals surface area contributed by atoms with E-state index in [0.29, 0.717) is 21.7 Å². The van der Waals surface area contributed by atoms with E-state index in [1.165, 1.54) is 30.5 Å². The number of hydrogen-bond acceptors (Lipinski definition) is 5. The van der Waals surface area contributed by atoms with Gasteiger partial charge >= 0.3 is 5.97 Å². The van der Waals surface area contributed by atoms with Crippen LogP contribution < -0.4 is 14.9 Å². The molecule has 0 fully saturated rings. The lowest BCUT2D eigenvalue weighted by molar-refractivity contribution is 0.0735. The molecule has 0 aliphatic rings. The average Bonchev–Trinajstić information content (AvgIpc) is 2.69. The van der Waals surface area contributed by atoms with Crippen LogP contribution in [0.2, 0.25) is 5.02 Å². The van der Waals surface area contributed by atoms with Gasteiger partial charge in [0.25, 0.3) is 0 Å². The molecule has 6 heteroatoms. The molecule has 1 aromatic heterocycles. The first-order valence-corrected chi connectivity index (χ1v) is 9.56. The van der Waals surface area contributed by atoms with Crippen LogP contribution >= 0.6 is 11.6 Å². The summed E-state index contributed by atoms with van der Waals surface area (Å²) < 4.78 is 16.7. The predicted octanol–water partition coefficient (Wildman–Crippen LogP) is 6.07. The molecule has 0 saturated heterocycles. The summed E-state index contributed by atoms with van der Waals surface area (Å²) in [4.78, 5) is 25.1. The lowest BCUT2D eigenvalue weighted by atomic mass is 10.1. The molecule has 150 valence electrons. The molecule has 5 nitrogen and oxygen atoms in total. The van der Waals surface area contributed by atoms with Gasteiger partial charge in [0.15, 0.2) is 0 Å². The second-order valence-electron chi connectivity index (χ2n) is 6.91. The topological polar surface area (TPSA) is 65.7 Å². The maximum Gasteiger partial charge on any atom is 0.343 e.